The van der Waals surface area contributed by atoms with Gasteiger partial charge < -0.3 is 16.0 Å². The number of amides is 1. The summed E-state index contributed by atoms with van der Waals surface area (Å²) in [5.41, 5.74) is 2.13. The molecule has 1 saturated carbocycles. The average Bonchev–Trinajstić information content (AvgIpc) is 3.63. The van der Waals surface area contributed by atoms with Gasteiger partial charge in [-0.3, -0.25) is 14.4 Å². The summed E-state index contributed by atoms with van der Waals surface area (Å²) in [6, 6.07) is 8.46. The van der Waals surface area contributed by atoms with Crippen LogP contribution in [0, 0.1) is 11.6 Å². The van der Waals surface area contributed by atoms with E-state index in [0.717, 1.165) is 24.1 Å². The molecule has 1 aliphatic rings. The molecule has 0 radical (unpaired) electrons. The summed E-state index contributed by atoms with van der Waals surface area (Å²) in [7, 11) is 1.52. The highest BCUT2D eigenvalue weighted by atomic mass is 32.2. The van der Waals surface area contributed by atoms with Crippen molar-refractivity contribution in [3.63, 3.8) is 0 Å². The van der Waals surface area contributed by atoms with Crippen molar-refractivity contribution in [2.75, 3.05) is 24.2 Å². The lowest BCUT2D eigenvalue weighted by atomic mass is 10.1. The molecule has 1 fully saturated rings. The van der Waals surface area contributed by atoms with Gasteiger partial charge in [0.15, 0.2) is 24.0 Å². The van der Waals surface area contributed by atoms with Gasteiger partial charge in [0.25, 0.3) is 5.91 Å². The number of anilines is 3. The van der Waals surface area contributed by atoms with E-state index in [9.17, 15) is 17.9 Å². The minimum Gasteiger partial charge on any atom is -0.363 e. The van der Waals surface area contributed by atoms with Crippen LogP contribution in [-0.4, -0.2) is 53.4 Å². The molecule has 1 aliphatic carbocycles. The van der Waals surface area contributed by atoms with Crippen LogP contribution in [0.25, 0.3) is 0 Å². The molecule has 10 nitrogen and oxygen atoms in total. The Morgan fingerprint density at radius 2 is 1.87 bits per heavy atom. The second-order valence-corrected chi connectivity index (χ2v) is 11.6. The number of H-pyrrole nitrogens is 1. The van der Waals surface area contributed by atoms with Gasteiger partial charge in [-0.1, -0.05) is 12.1 Å². The highest BCUT2D eigenvalue weighted by Crippen LogP contribution is 2.39. The molecule has 210 valence electrons. The molecule has 0 bridgehead atoms. The Labute approximate surface area is 228 Å². The maximum absolute atomic E-state index is 15.2. The van der Waals surface area contributed by atoms with Crippen LogP contribution in [0.2, 0.25) is 0 Å². The van der Waals surface area contributed by atoms with E-state index in [1.807, 2.05) is 13.0 Å². The Balaban J connectivity index is 1.56. The molecular weight excluding hydrogens is 528 g/mol. The minimum atomic E-state index is -2.28. The van der Waals surface area contributed by atoms with Crippen LogP contribution in [0.4, 0.5) is 26.2 Å². The normalized spacial score (nSPS) is 16.4. The minimum absolute atomic E-state index is 0.0487. The van der Waals surface area contributed by atoms with Gasteiger partial charge in [0.1, 0.15) is 11.6 Å². The van der Waals surface area contributed by atoms with E-state index in [4.69, 9.17) is 0 Å². The second kappa shape index (κ2) is 11.8. The summed E-state index contributed by atoms with van der Waals surface area (Å²) >= 11 is -2.28. The number of rotatable bonds is 12. The van der Waals surface area contributed by atoms with Gasteiger partial charge in [0, 0.05) is 35.8 Å². The van der Waals surface area contributed by atoms with Gasteiger partial charge in [-0.15, -0.1) is 0 Å². The fraction of sp³-hybridized carbons (Fsp3) is 0.423. The first-order valence-electron chi connectivity index (χ1n) is 12.7. The summed E-state index contributed by atoms with van der Waals surface area (Å²) in [5, 5.41) is 16.0. The van der Waals surface area contributed by atoms with Crippen molar-refractivity contribution in [1.82, 2.24) is 20.5 Å². The number of nitrogens with one attached hydrogen (secondary N) is 4. The zero-order chi connectivity index (χ0) is 28.3. The van der Waals surface area contributed by atoms with Crippen molar-refractivity contribution in [3.8, 4) is 0 Å². The van der Waals surface area contributed by atoms with Crippen LogP contribution >= 0.6 is 0 Å². The van der Waals surface area contributed by atoms with Gasteiger partial charge >= 0.3 is 11.3 Å². The molecule has 2 heterocycles. The van der Waals surface area contributed by atoms with E-state index >= 15 is 4.39 Å². The number of halogens is 2. The van der Waals surface area contributed by atoms with Crippen molar-refractivity contribution < 1.29 is 26.2 Å². The molecular formula is C26H34F2N7O3S+. The molecule has 3 aromatic rings. The van der Waals surface area contributed by atoms with E-state index in [2.05, 4.69) is 31.1 Å². The van der Waals surface area contributed by atoms with Crippen LogP contribution in [0.1, 0.15) is 62.4 Å². The largest absolute Gasteiger partial charge is 0.363 e. The van der Waals surface area contributed by atoms with Gasteiger partial charge in [-0.05, 0) is 57.4 Å². The van der Waals surface area contributed by atoms with Gasteiger partial charge in [0.2, 0.25) is 0 Å². The number of carbonyl (C=O) groups excluding carboxylic acids is 1. The van der Waals surface area contributed by atoms with Crippen LogP contribution in [0.15, 0.2) is 36.4 Å². The Hall–Kier alpha value is -3.42. The molecule has 0 aliphatic heterocycles. The number of benzene rings is 1. The number of aromatic amines is 1. The van der Waals surface area contributed by atoms with E-state index < -0.39 is 23.0 Å². The van der Waals surface area contributed by atoms with E-state index in [-0.39, 0.29) is 40.7 Å². The predicted molar refractivity (Wildman–Crippen MR) is 145 cm³/mol. The van der Waals surface area contributed by atoms with E-state index in [0.29, 0.717) is 23.1 Å². The fourth-order valence-electron chi connectivity index (χ4n) is 3.99. The number of hydrogen-bond donors (Lipinski definition) is 5. The maximum Gasteiger partial charge on any atom is 0.359 e. The number of pyridine rings is 1. The number of nitrogens with zero attached hydrogens (tertiary/aromatic N) is 3. The molecule has 0 saturated heterocycles. The first-order chi connectivity index (χ1) is 18.5. The summed E-state index contributed by atoms with van der Waals surface area (Å²) in [5.74, 6) is -0.337. The van der Waals surface area contributed by atoms with Crippen LogP contribution in [0.5, 0.6) is 0 Å². The molecule has 4 rings (SSSR count). The van der Waals surface area contributed by atoms with Gasteiger partial charge in [-0.2, -0.15) is 9.31 Å². The molecule has 2 unspecified atom stereocenters. The first-order valence-corrected chi connectivity index (χ1v) is 13.8. The summed E-state index contributed by atoms with van der Waals surface area (Å²) in [6.45, 7) is 5.03. The third kappa shape index (κ3) is 6.97. The Morgan fingerprint density at radius 3 is 2.49 bits per heavy atom. The molecule has 2 aromatic heterocycles. The topological polar surface area (TPSA) is 132 Å². The van der Waals surface area contributed by atoms with Crippen LogP contribution < -0.4 is 16.0 Å². The molecule has 39 heavy (non-hydrogen) atoms. The molecule has 1 amide bonds. The number of hydrogen-bond acceptors (Lipinski definition) is 6. The van der Waals surface area contributed by atoms with E-state index in [1.54, 1.807) is 26.0 Å². The van der Waals surface area contributed by atoms with Crippen LogP contribution in [0.3, 0.4) is 0 Å². The Bertz CT molecular complexity index is 1350. The molecule has 0 spiro atoms. The Kier molecular flexibility index (Phi) is 8.62. The number of carbonyl (C=O) groups is 1. The highest BCUT2D eigenvalue weighted by molar-refractivity contribution is 7.73. The zero-order valence-electron chi connectivity index (χ0n) is 22.3. The number of likely N-dealkylation sites (N-methyl/N-ethyl adjacent to an activating group) is 1. The molecule has 13 heteroatoms. The average molecular weight is 563 g/mol. The van der Waals surface area contributed by atoms with Crippen molar-refractivity contribution in [3.05, 3.63) is 64.9 Å². The molecule has 1 aromatic carbocycles. The molecule has 5 N–H and O–H groups in total. The van der Waals surface area contributed by atoms with E-state index in [1.165, 1.54) is 25.2 Å². The first kappa shape index (κ1) is 28.6. The second-order valence-electron chi connectivity index (χ2n) is 10.3. The smallest absolute Gasteiger partial charge is 0.359 e. The zero-order valence-corrected chi connectivity index (χ0v) is 23.1. The number of aromatic nitrogens is 3. The summed E-state index contributed by atoms with van der Waals surface area (Å²) in [6.07, 6.45) is 2.18. The van der Waals surface area contributed by atoms with Crippen molar-refractivity contribution >= 4 is 34.6 Å². The van der Waals surface area contributed by atoms with Crippen molar-refractivity contribution in [1.29, 1.82) is 0 Å². The number of quaternary nitrogens is 1. The summed E-state index contributed by atoms with van der Waals surface area (Å²) < 4.78 is 49.8. The third-order valence-corrected chi connectivity index (χ3v) is 8.29. The quantitative estimate of drug-likeness (QED) is 0.162. The standard InChI is InChI=1S/C26H33F2N7O3S/c1-15(2)35(4,39(37)38)14-24(36)29-13-19-11-21(28)26(31-23-12-22(33-34-23)18-5-6-18)32-25(19)30-16(3)17-7-9-20(27)10-8-17/h7-12,15-16,18H,5-6,13-14H2,1-4H3,(H4-,29,30,31,32,33,34,36,37,38)/p+1/t16?,35-/m0/s1. The monoisotopic (exact) mass is 562 g/mol. The van der Waals surface area contributed by atoms with Gasteiger partial charge in [-0.25, -0.2) is 17.7 Å². The lowest BCUT2D eigenvalue weighted by Gasteiger charge is -2.32. The van der Waals surface area contributed by atoms with Crippen molar-refractivity contribution in [2.24, 2.45) is 0 Å². The SMILES string of the molecule is CC(Nc1nc(Nc2cc(C3CC3)[nH]n2)c(F)cc1CNC(=O)C[N@@+](C)(C(C)C)S(=O)O)c1ccc(F)cc1. The predicted octanol–water partition coefficient (Wildman–Crippen LogP) is 4.48. The fourth-order valence-corrected chi connectivity index (χ4v) is 4.58. The summed E-state index contributed by atoms with van der Waals surface area (Å²) in [4.78, 5) is 17.2. The van der Waals surface area contributed by atoms with Crippen LogP contribution in [-0.2, 0) is 22.6 Å². The highest BCUT2D eigenvalue weighted by Gasteiger charge is 2.36. The third-order valence-electron chi connectivity index (χ3n) is 7.02. The van der Waals surface area contributed by atoms with Crippen molar-refractivity contribution in [2.45, 2.75) is 58.2 Å². The lowest BCUT2D eigenvalue weighted by Crippen LogP contribution is -2.55. The lowest BCUT2D eigenvalue weighted by molar-refractivity contribution is -0.799. The van der Waals surface area contributed by atoms with Gasteiger partial charge in [0.05, 0.1) is 13.1 Å². The molecule has 3 atom stereocenters. The Morgan fingerprint density at radius 1 is 1.18 bits per heavy atom. The maximum atomic E-state index is 15.2.